The Morgan fingerprint density at radius 2 is 1.83 bits per heavy atom. The van der Waals surface area contributed by atoms with Gasteiger partial charge in [0, 0.05) is 0 Å². The minimum Gasteiger partial charge on any atom is -0.480 e. The number of nitrogens with two attached hydrogens (primary N) is 1. The highest BCUT2D eigenvalue weighted by molar-refractivity contribution is 7.98. The Hall–Kier alpha value is -2.05. The number of carboxylic acid groups (broad SMARTS) is 3. The molecule has 1 unspecified atom stereocenters. The second kappa shape index (κ2) is 15.8. The summed E-state index contributed by atoms with van der Waals surface area (Å²) in [5.41, 5.74) is 4.60. The molecule has 0 aromatic heterocycles. The maximum Gasteiger partial charge on any atom is 0.408 e. The van der Waals surface area contributed by atoms with Gasteiger partial charge in [-0.05, 0) is 58.6 Å². The minimum absolute atomic E-state index is 0.269. The Bertz CT molecular complexity index is 519. The first-order chi connectivity index (χ1) is 13.3. The fraction of sp³-hybridized carbons (Fsp3) is 0.765. The van der Waals surface area contributed by atoms with Crippen molar-refractivity contribution in [3.05, 3.63) is 0 Å². The van der Waals surface area contributed by atoms with E-state index in [0.717, 1.165) is 25.1 Å². The molecule has 1 amide bonds. The standard InChI is InChI=1S/C7H13NO4.C5H11NO2S.C5H9NO2/c1-7(2,3)12-6(11)8-4-5(9)10;1-9-3-2-4(6)5(7)8;7-5(8)4-2-1-3-6-4/h4H2,1-3H3,(H,8,11)(H,9,10);4H,2-3,6H2,1H3,(H,7,8);4,6H,1-3H2,(H,7,8)/t;;4-/m..0/s1. The third-order valence-electron chi connectivity index (χ3n) is 3.09. The number of aliphatic carboxylic acids is 3. The van der Waals surface area contributed by atoms with Crippen molar-refractivity contribution in [2.24, 2.45) is 5.73 Å². The van der Waals surface area contributed by atoms with E-state index in [-0.39, 0.29) is 6.04 Å². The van der Waals surface area contributed by atoms with Crippen LogP contribution in [0.4, 0.5) is 4.79 Å². The van der Waals surface area contributed by atoms with Crippen LogP contribution in [0.5, 0.6) is 0 Å². The Labute approximate surface area is 174 Å². The van der Waals surface area contributed by atoms with Gasteiger partial charge in [0.25, 0.3) is 0 Å². The summed E-state index contributed by atoms with van der Waals surface area (Å²) < 4.78 is 4.77. The smallest absolute Gasteiger partial charge is 0.408 e. The van der Waals surface area contributed by atoms with Gasteiger partial charge in [0.15, 0.2) is 0 Å². The number of hydrogen-bond acceptors (Lipinski definition) is 8. The predicted molar refractivity (Wildman–Crippen MR) is 109 cm³/mol. The number of carboxylic acids is 3. The zero-order valence-electron chi connectivity index (χ0n) is 17.3. The molecule has 1 saturated heterocycles. The molecule has 0 aliphatic carbocycles. The highest BCUT2D eigenvalue weighted by atomic mass is 32.2. The van der Waals surface area contributed by atoms with Gasteiger partial charge < -0.3 is 36.4 Å². The van der Waals surface area contributed by atoms with Crippen LogP contribution in [0.15, 0.2) is 0 Å². The van der Waals surface area contributed by atoms with Gasteiger partial charge in [-0.2, -0.15) is 11.8 Å². The number of ether oxygens (including phenoxy) is 1. The van der Waals surface area contributed by atoms with Crippen molar-refractivity contribution in [2.45, 2.75) is 57.7 Å². The van der Waals surface area contributed by atoms with Crippen LogP contribution in [0.25, 0.3) is 0 Å². The zero-order valence-corrected chi connectivity index (χ0v) is 18.1. The van der Waals surface area contributed by atoms with Crippen LogP contribution in [-0.2, 0) is 19.1 Å². The number of thioether (sulfide) groups is 1. The normalized spacial score (nSPS) is 16.2. The van der Waals surface area contributed by atoms with E-state index in [0.29, 0.717) is 6.42 Å². The summed E-state index contributed by atoms with van der Waals surface area (Å²) in [4.78, 5) is 41.0. The average Bonchev–Trinajstić information content (AvgIpc) is 3.12. The number of carbonyl (C=O) groups excluding carboxylic acids is 1. The van der Waals surface area contributed by atoms with Gasteiger partial charge in [0.1, 0.15) is 24.2 Å². The molecule has 0 spiro atoms. The first-order valence-corrected chi connectivity index (χ1v) is 10.3. The average molecular weight is 440 g/mol. The second-order valence-electron chi connectivity index (χ2n) is 6.96. The molecule has 0 aromatic carbocycles. The van der Waals surface area contributed by atoms with Crippen molar-refractivity contribution in [3.8, 4) is 0 Å². The monoisotopic (exact) mass is 439 g/mol. The summed E-state index contributed by atoms with van der Waals surface area (Å²) in [6.07, 6.45) is 3.54. The van der Waals surface area contributed by atoms with Gasteiger partial charge >= 0.3 is 24.0 Å². The lowest BCUT2D eigenvalue weighted by Gasteiger charge is -2.19. The number of rotatable bonds is 7. The molecule has 12 heteroatoms. The zero-order chi connectivity index (χ0) is 23.0. The summed E-state index contributed by atoms with van der Waals surface area (Å²) in [5.74, 6) is -1.92. The summed E-state index contributed by atoms with van der Waals surface area (Å²) in [6, 6.07) is -0.951. The molecule has 7 N–H and O–H groups in total. The van der Waals surface area contributed by atoms with Gasteiger partial charge in [-0.15, -0.1) is 0 Å². The second-order valence-corrected chi connectivity index (χ2v) is 7.95. The van der Waals surface area contributed by atoms with Crippen molar-refractivity contribution in [3.63, 3.8) is 0 Å². The topological polar surface area (TPSA) is 188 Å². The van der Waals surface area contributed by atoms with Gasteiger partial charge in [0.2, 0.25) is 0 Å². The van der Waals surface area contributed by atoms with Gasteiger partial charge in [-0.25, -0.2) is 4.79 Å². The Morgan fingerprint density at radius 3 is 2.14 bits per heavy atom. The fourth-order valence-electron chi connectivity index (χ4n) is 1.73. The molecule has 0 saturated carbocycles. The third-order valence-corrected chi connectivity index (χ3v) is 3.74. The van der Waals surface area contributed by atoms with Crippen LogP contribution in [0, 0.1) is 0 Å². The highest BCUT2D eigenvalue weighted by Crippen LogP contribution is 2.06. The third kappa shape index (κ3) is 20.5. The molecule has 0 radical (unpaired) electrons. The molecule has 170 valence electrons. The largest absolute Gasteiger partial charge is 0.480 e. The van der Waals surface area contributed by atoms with E-state index in [9.17, 15) is 19.2 Å². The molecule has 1 aliphatic rings. The van der Waals surface area contributed by atoms with E-state index < -0.39 is 42.2 Å². The van der Waals surface area contributed by atoms with Gasteiger partial charge in [-0.1, -0.05) is 0 Å². The summed E-state index contributed by atoms with van der Waals surface area (Å²) in [7, 11) is 0. The molecule has 2 atom stereocenters. The summed E-state index contributed by atoms with van der Waals surface area (Å²) in [6.45, 7) is 5.54. The molecule has 1 rings (SSSR count). The molecule has 1 fully saturated rings. The Kier molecular flexibility index (Phi) is 15.9. The number of alkyl carbamates (subject to hydrolysis) is 1. The molecule has 1 aliphatic heterocycles. The lowest BCUT2D eigenvalue weighted by Crippen LogP contribution is -2.35. The van der Waals surface area contributed by atoms with Crippen molar-refractivity contribution in [1.82, 2.24) is 10.6 Å². The van der Waals surface area contributed by atoms with E-state index in [1.54, 1.807) is 32.5 Å². The fourth-order valence-corrected chi connectivity index (χ4v) is 2.22. The van der Waals surface area contributed by atoms with Crippen LogP contribution >= 0.6 is 11.8 Å². The Balaban J connectivity index is 0. The first kappa shape index (κ1) is 29.2. The Morgan fingerprint density at radius 1 is 1.24 bits per heavy atom. The predicted octanol–water partition coefficient (Wildman–Crippen LogP) is 0.570. The van der Waals surface area contributed by atoms with Crippen LogP contribution in [-0.4, -0.2) is 82.1 Å². The molecule has 11 nitrogen and oxygen atoms in total. The van der Waals surface area contributed by atoms with Crippen LogP contribution in [0.2, 0.25) is 0 Å². The van der Waals surface area contributed by atoms with Crippen LogP contribution < -0.4 is 16.4 Å². The molecular formula is C17H33N3O8S. The van der Waals surface area contributed by atoms with Crippen LogP contribution in [0.3, 0.4) is 0 Å². The van der Waals surface area contributed by atoms with E-state index in [1.807, 2.05) is 6.26 Å². The van der Waals surface area contributed by atoms with E-state index in [2.05, 4.69) is 10.6 Å². The van der Waals surface area contributed by atoms with E-state index in [4.69, 9.17) is 25.8 Å². The lowest BCUT2D eigenvalue weighted by molar-refractivity contribution is -0.139. The molecule has 0 bridgehead atoms. The summed E-state index contributed by atoms with van der Waals surface area (Å²) in [5, 5.41) is 29.7. The number of amides is 1. The quantitative estimate of drug-likeness (QED) is 0.325. The maximum absolute atomic E-state index is 10.8. The van der Waals surface area contributed by atoms with Gasteiger partial charge in [-0.3, -0.25) is 14.4 Å². The highest BCUT2D eigenvalue weighted by Gasteiger charge is 2.20. The maximum atomic E-state index is 10.8. The van der Waals surface area contributed by atoms with E-state index >= 15 is 0 Å². The molecule has 1 heterocycles. The molecule has 0 aromatic rings. The molecule has 29 heavy (non-hydrogen) atoms. The minimum atomic E-state index is -1.10. The SMILES string of the molecule is CC(C)(C)OC(=O)NCC(=O)O.CSCCC(N)C(=O)O.O=C(O)[C@@H]1CCCN1. The van der Waals surface area contributed by atoms with Crippen molar-refractivity contribution in [2.75, 3.05) is 25.1 Å². The van der Waals surface area contributed by atoms with Crippen molar-refractivity contribution < 1.29 is 39.2 Å². The summed E-state index contributed by atoms with van der Waals surface area (Å²) >= 11 is 1.60. The van der Waals surface area contributed by atoms with E-state index in [1.165, 1.54) is 0 Å². The number of nitrogens with one attached hydrogen (secondary N) is 2. The molecular weight excluding hydrogens is 406 g/mol. The van der Waals surface area contributed by atoms with Crippen molar-refractivity contribution in [1.29, 1.82) is 0 Å². The van der Waals surface area contributed by atoms with Gasteiger partial charge in [0.05, 0.1) is 0 Å². The number of hydrogen-bond donors (Lipinski definition) is 6. The first-order valence-electron chi connectivity index (χ1n) is 8.92. The lowest BCUT2D eigenvalue weighted by atomic mass is 10.2. The van der Waals surface area contributed by atoms with Crippen molar-refractivity contribution >= 4 is 35.8 Å². The number of carbonyl (C=O) groups is 4. The van der Waals surface area contributed by atoms with Crippen LogP contribution in [0.1, 0.15) is 40.0 Å².